The van der Waals surface area contributed by atoms with Crippen molar-refractivity contribution in [3.63, 3.8) is 0 Å². The third-order valence-electron chi connectivity index (χ3n) is 3.96. The Morgan fingerprint density at radius 1 is 1.39 bits per heavy atom. The van der Waals surface area contributed by atoms with Gasteiger partial charge in [-0.05, 0) is 30.5 Å². The van der Waals surface area contributed by atoms with E-state index in [1.54, 1.807) is 0 Å². The van der Waals surface area contributed by atoms with Gasteiger partial charge in [-0.25, -0.2) is 9.78 Å². The summed E-state index contributed by atoms with van der Waals surface area (Å²) < 4.78 is 0.970. The number of carboxylic acid groups (broad SMARTS) is 1. The van der Waals surface area contributed by atoms with E-state index in [1.165, 1.54) is 16.7 Å². The van der Waals surface area contributed by atoms with Crippen LogP contribution >= 0.6 is 27.3 Å². The smallest absolute Gasteiger partial charge is 0.355 e. The zero-order valence-corrected chi connectivity index (χ0v) is 14.6. The Labute approximate surface area is 145 Å². The van der Waals surface area contributed by atoms with Crippen molar-refractivity contribution in [2.24, 2.45) is 0 Å². The highest BCUT2D eigenvalue weighted by Crippen LogP contribution is 2.48. The Morgan fingerprint density at radius 2 is 2.17 bits per heavy atom. The molecule has 2 aromatic rings. The summed E-state index contributed by atoms with van der Waals surface area (Å²) in [5, 5.41) is 14.0. The molecule has 0 radical (unpaired) electrons. The van der Waals surface area contributed by atoms with Gasteiger partial charge in [-0.1, -0.05) is 28.1 Å². The second kappa shape index (κ2) is 6.41. The summed E-state index contributed by atoms with van der Waals surface area (Å²) in [6.07, 6.45) is 2.25. The number of carboxylic acids is 1. The van der Waals surface area contributed by atoms with E-state index in [4.69, 9.17) is 5.11 Å². The first-order valence-corrected chi connectivity index (χ1v) is 8.90. The fourth-order valence-electron chi connectivity index (χ4n) is 2.53. The predicted octanol–water partition coefficient (Wildman–Crippen LogP) is 2.99. The first-order chi connectivity index (χ1) is 11.0. The Kier molecular flexibility index (Phi) is 4.50. The SMILES string of the molecule is O=C(O)c1csc(CCNC(=O)C2(c3cccc(Br)c3)CC2)n1. The number of hydrogen-bond acceptors (Lipinski definition) is 4. The molecule has 0 atom stereocenters. The van der Waals surface area contributed by atoms with Crippen molar-refractivity contribution in [3.8, 4) is 0 Å². The van der Waals surface area contributed by atoms with E-state index in [2.05, 4.69) is 26.2 Å². The van der Waals surface area contributed by atoms with Crippen LogP contribution in [-0.4, -0.2) is 28.5 Å². The number of hydrogen-bond donors (Lipinski definition) is 2. The topological polar surface area (TPSA) is 79.3 Å². The van der Waals surface area contributed by atoms with E-state index in [9.17, 15) is 9.59 Å². The van der Waals surface area contributed by atoms with Gasteiger partial charge in [0.05, 0.1) is 10.4 Å². The minimum atomic E-state index is -1.02. The van der Waals surface area contributed by atoms with Crippen LogP contribution in [0.3, 0.4) is 0 Å². The highest BCUT2D eigenvalue weighted by Gasteiger charge is 2.51. The van der Waals surface area contributed by atoms with Crippen molar-refractivity contribution in [3.05, 3.63) is 50.4 Å². The summed E-state index contributed by atoms with van der Waals surface area (Å²) in [6, 6.07) is 7.86. The zero-order chi connectivity index (χ0) is 16.4. The lowest BCUT2D eigenvalue weighted by Gasteiger charge is -2.15. The molecule has 0 saturated heterocycles. The molecule has 1 saturated carbocycles. The van der Waals surface area contributed by atoms with Gasteiger partial charge < -0.3 is 10.4 Å². The molecule has 3 rings (SSSR count). The molecule has 23 heavy (non-hydrogen) atoms. The van der Waals surface area contributed by atoms with E-state index in [0.717, 1.165) is 27.9 Å². The molecule has 1 aliphatic rings. The Bertz CT molecular complexity index is 755. The molecule has 5 nitrogen and oxygen atoms in total. The first kappa shape index (κ1) is 16.1. The number of amides is 1. The third-order valence-corrected chi connectivity index (χ3v) is 5.36. The molecule has 0 unspecified atom stereocenters. The lowest BCUT2D eigenvalue weighted by atomic mass is 9.95. The maximum atomic E-state index is 12.5. The highest BCUT2D eigenvalue weighted by molar-refractivity contribution is 9.10. The molecule has 1 aromatic heterocycles. The molecule has 120 valence electrons. The summed E-state index contributed by atoms with van der Waals surface area (Å²) in [7, 11) is 0. The molecule has 7 heteroatoms. The zero-order valence-electron chi connectivity index (χ0n) is 12.2. The van der Waals surface area contributed by atoms with Crippen LogP contribution in [0.1, 0.15) is 33.9 Å². The molecular weight excluding hydrogens is 380 g/mol. The van der Waals surface area contributed by atoms with Crippen LogP contribution in [0.4, 0.5) is 0 Å². The number of carbonyl (C=O) groups is 2. The summed E-state index contributed by atoms with van der Waals surface area (Å²) in [5.74, 6) is -0.992. The Hall–Kier alpha value is -1.73. The van der Waals surface area contributed by atoms with Crippen molar-refractivity contribution in [1.29, 1.82) is 0 Å². The van der Waals surface area contributed by atoms with Crippen molar-refractivity contribution >= 4 is 39.1 Å². The van der Waals surface area contributed by atoms with Crippen LogP contribution < -0.4 is 5.32 Å². The predicted molar refractivity (Wildman–Crippen MR) is 90.8 cm³/mol. The quantitative estimate of drug-likeness (QED) is 0.788. The first-order valence-electron chi connectivity index (χ1n) is 7.23. The van der Waals surface area contributed by atoms with Crippen LogP contribution in [0.15, 0.2) is 34.1 Å². The van der Waals surface area contributed by atoms with Gasteiger partial charge in [0, 0.05) is 22.8 Å². The largest absolute Gasteiger partial charge is 0.476 e. The van der Waals surface area contributed by atoms with Gasteiger partial charge >= 0.3 is 5.97 Å². The number of carbonyl (C=O) groups excluding carboxylic acids is 1. The number of thiazole rings is 1. The molecule has 2 N–H and O–H groups in total. The minimum Gasteiger partial charge on any atom is -0.476 e. The Balaban J connectivity index is 1.58. The standard InChI is InChI=1S/C16H15BrN2O3S/c17-11-3-1-2-10(8-11)16(5-6-16)15(22)18-7-4-13-19-12(9-23-13)14(20)21/h1-3,8-9H,4-7H2,(H,18,22)(H,20,21). The number of halogens is 1. The van der Waals surface area contributed by atoms with Crippen LogP contribution in [0.25, 0.3) is 0 Å². The number of nitrogens with zero attached hydrogens (tertiary/aromatic N) is 1. The average molecular weight is 395 g/mol. The van der Waals surface area contributed by atoms with Crippen LogP contribution in [0.5, 0.6) is 0 Å². The summed E-state index contributed by atoms with van der Waals surface area (Å²) in [4.78, 5) is 27.3. The van der Waals surface area contributed by atoms with E-state index in [0.29, 0.717) is 13.0 Å². The van der Waals surface area contributed by atoms with Gasteiger partial charge in [-0.3, -0.25) is 4.79 Å². The van der Waals surface area contributed by atoms with Gasteiger partial charge in [-0.2, -0.15) is 0 Å². The molecule has 0 bridgehead atoms. The van der Waals surface area contributed by atoms with Gasteiger partial charge in [0.25, 0.3) is 0 Å². The second-order valence-electron chi connectivity index (χ2n) is 5.53. The van der Waals surface area contributed by atoms with Crippen molar-refractivity contribution in [2.45, 2.75) is 24.7 Å². The summed E-state index contributed by atoms with van der Waals surface area (Å²) in [6.45, 7) is 0.459. The van der Waals surface area contributed by atoms with Gasteiger partial charge in [0.1, 0.15) is 0 Å². The van der Waals surface area contributed by atoms with Crippen LogP contribution in [0.2, 0.25) is 0 Å². The highest BCUT2D eigenvalue weighted by atomic mass is 79.9. The maximum absolute atomic E-state index is 12.5. The lowest BCUT2D eigenvalue weighted by Crippen LogP contribution is -2.35. The van der Waals surface area contributed by atoms with E-state index >= 15 is 0 Å². The maximum Gasteiger partial charge on any atom is 0.355 e. The fraction of sp³-hybridized carbons (Fsp3) is 0.312. The molecule has 1 aliphatic carbocycles. The van der Waals surface area contributed by atoms with Crippen molar-refractivity contribution in [1.82, 2.24) is 10.3 Å². The van der Waals surface area contributed by atoms with Crippen LogP contribution in [-0.2, 0) is 16.6 Å². The molecule has 1 heterocycles. The number of aromatic carboxylic acids is 1. The van der Waals surface area contributed by atoms with Crippen molar-refractivity contribution in [2.75, 3.05) is 6.54 Å². The van der Waals surface area contributed by atoms with Crippen molar-refractivity contribution < 1.29 is 14.7 Å². The van der Waals surface area contributed by atoms with Gasteiger partial charge in [0.15, 0.2) is 5.69 Å². The summed E-state index contributed by atoms with van der Waals surface area (Å²) in [5.41, 5.74) is 0.690. The third kappa shape index (κ3) is 3.45. The molecule has 0 aliphatic heterocycles. The molecule has 0 spiro atoms. The lowest BCUT2D eigenvalue weighted by molar-refractivity contribution is -0.123. The van der Waals surface area contributed by atoms with Gasteiger partial charge in [0.2, 0.25) is 5.91 Å². The van der Waals surface area contributed by atoms with E-state index < -0.39 is 11.4 Å². The average Bonchev–Trinajstić information content (AvgIpc) is 3.20. The van der Waals surface area contributed by atoms with E-state index in [1.807, 2.05) is 24.3 Å². The molecule has 1 amide bonds. The Morgan fingerprint density at radius 3 is 2.78 bits per heavy atom. The monoisotopic (exact) mass is 394 g/mol. The molecule has 1 aromatic carbocycles. The minimum absolute atomic E-state index is 0.0330. The fourth-order valence-corrected chi connectivity index (χ4v) is 3.71. The number of rotatable bonds is 6. The van der Waals surface area contributed by atoms with E-state index in [-0.39, 0.29) is 11.6 Å². The van der Waals surface area contributed by atoms with Gasteiger partial charge in [-0.15, -0.1) is 11.3 Å². The second-order valence-corrected chi connectivity index (χ2v) is 7.39. The molecule has 1 fully saturated rings. The number of nitrogens with one attached hydrogen (secondary N) is 1. The molecular formula is C16H15BrN2O3S. The van der Waals surface area contributed by atoms with Crippen LogP contribution in [0, 0.1) is 0 Å². The number of aromatic nitrogens is 1. The number of benzene rings is 1. The summed E-state index contributed by atoms with van der Waals surface area (Å²) >= 11 is 4.74. The normalized spacial score (nSPS) is 15.2.